The van der Waals surface area contributed by atoms with Gasteiger partial charge >= 0.3 is 0 Å². The summed E-state index contributed by atoms with van der Waals surface area (Å²) in [5, 5.41) is 6.44. The highest BCUT2D eigenvalue weighted by Crippen LogP contribution is 2.39. The van der Waals surface area contributed by atoms with Gasteiger partial charge in [-0.2, -0.15) is 0 Å². The fourth-order valence-electron chi connectivity index (χ4n) is 3.49. The maximum Gasteiger partial charge on any atom is 0.255 e. The van der Waals surface area contributed by atoms with Gasteiger partial charge in [-0.05, 0) is 42.8 Å². The van der Waals surface area contributed by atoms with Gasteiger partial charge in [0.1, 0.15) is 5.75 Å². The van der Waals surface area contributed by atoms with Crippen molar-refractivity contribution in [3.05, 3.63) is 51.5 Å². The second kappa shape index (κ2) is 8.50. The van der Waals surface area contributed by atoms with E-state index < -0.39 is 0 Å². The Labute approximate surface area is 174 Å². The fraction of sp³-hybridized carbons (Fsp3) is 0.350. The van der Waals surface area contributed by atoms with E-state index in [-0.39, 0.29) is 18.3 Å². The molecule has 0 atom stereocenters. The van der Waals surface area contributed by atoms with Crippen LogP contribution >= 0.6 is 28.3 Å². The number of fused-ring (bicyclic) bond motifs is 1. The van der Waals surface area contributed by atoms with E-state index in [1.54, 1.807) is 0 Å². The average Bonchev–Trinajstić information content (AvgIpc) is 3.12. The molecule has 0 aromatic heterocycles. The van der Waals surface area contributed by atoms with Gasteiger partial charge in [0.25, 0.3) is 5.91 Å². The molecule has 7 heteroatoms. The monoisotopic (exact) mass is 451 g/mol. The number of aryl methyl sites for hydroxylation is 1. The number of anilines is 2. The Bertz CT molecular complexity index is 853. The first-order valence-corrected chi connectivity index (χ1v) is 9.74. The first-order valence-electron chi connectivity index (χ1n) is 8.95. The third kappa shape index (κ3) is 4.23. The van der Waals surface area contributed by atoms with Gasteiger partial charge in [0, 0.05) is 53.9 Å². The second-order valence-corrected chi connectivity index (χ2v) is 7.59. The number of amides is 1. The molecule has 0 saturated carbocycles. The molecular weight excluding hydrogens is 430 g/mol. The zero-order valence-electron chi connectivity index (χ0n) is 15.2. The zero-order valence-corrected chi connectivity index (χ0v) is 17.6. The summed E-state index contributed by atoms with van der Waals surface area (Å²) in [5.74, 6) is 0.884. The van der Waals surface area contributed by atoms with Crippen LogP contribution in [0.4, 0.5) is 11.4 Å². The number of nitrogens with zero attached hydrogens (tertiary/aromatic N) is 1. The lowest BCUT2D eigenvalue weighted by Crippen LogP contribution is -2.43. The van der Waals surface area contributed by atoms with Crippen molar-refractivity contribution in [1.82, 2.24) is 5.32 Å². The van der Waals surface area contributed by atoms with Crippen molar-refractivity contribution in [3.63, 3.8) is 0 Å². The Kier molecular flexibility index (Phi) is 6.29. The van der Waals surface area contributed by atoms with Gasteiger partial charge in [0.2, 0.25) is 0 Å². The zero-order chi connectivity index (χ0) is 18.1. The first-order chi connectivity index (χ1) is 12.6. The number of hydrogen-bond acceptors (Lipinski definition) is 4. The fourth-order valence-corrected chi connectivity index (χ4v) is 3.74. The summed E-state index contributed by atoms with van der Waals surface area (Å²) >= 11 is 3.48. The normalized spacial score (nSPS) is 15.6. The van der Waals surface area contributed by atoms with Crippen LogP contribution in [0.1, 0.15) is 21.5 Å². The van der Waals surface area contributed by atoms with Crippen molar-refractivity contribution >= 4 is 45.6 Å². The molecule has 2 aromatic rings. The predicted molar refractivity (Wildman–Crippen MR) is 115 cm³/mol. The van der Waals surface area contributed by atoms with E-state index in [1.807, 2.05) is 37.3 Å². The van der Waals surface area contributed by atoms with Crippen molar-refractivity contribution in [2.75, 3.05) is 43.0 Å². The van der Waals surface area contributed by atoms with E-state index >= 15 is 0 Å². The summed E-state index contributed by atoms with van der Waals surface area (Å²) in [6.45, 7) is 6.50. The SMILES string of the molecule is Cc1cc(C(=O)Nc2cc3c(c(N4CCNCC4)c2)OCC3)ccc1Br.Cl. The topological polar surface area (TPSA) is 53.6 Å². The van der Waals surface area contributed by atoms with Gasteiger partial charge in [0.05, 0.1) is 12.3 Å². The highest BCUT2D eigenvalue weighted by atomic mass is 79.9. The Morgan fingerprint density at radius 3 is 2.74 bits per heavy atom. The largest absolute Gasteiger partial charge is 0.491 e. The Morgan fingerprint density at radius 1 is 1.22 bits per heavy atom. The van der Waals surface area contributed by atoms with Crippen molar-refractivity contribution in [1.29, 1.82) is 0 Å². The van der Waals surface area contributed by atoms with E-state index in [2.05, 4.69) is 31.5 Å². The van der Waals surface area contributed by atoms with Gasteiger partial charge in [0.15, 0.2) is 0 Å². The van der Waals surface area contributed by atoms with E-state index in [0.29, 0.717) is 12.2 Å². The number of hydrogen-bond donors (Lipinski definition) is 2. The summed E-state index contributed by atoms with van der Waals surface area (Å²) in [6.07, 6.45) is 0.884. The molecule has 4 rings (SSSR count). The minimum atomic E-state index is -0.0919. The minimum Gasteiger partial charge on any atom is -0.491 e. The number of carbonyl (C=O) groups excluding carboxylic acids is 1. The van der Waals surface area contributed by atoms with Crippen LogP contribution in [0.25, 0.3) is 0 Å². The molecule has 1 fully saturated rings. The smallest absolute Gasteiger partial charge is 0.255 e. The molecule has 144 valence electrons. The first kappa shape index (κ1) is 20.0. The molecule has 0 aliphatic carbocycles. The summed E-state index contributed by atoms with van der Waals surface area (Å²) in [7, 11) is 0. The van der Waals surface area contributed by atoms with Crippen LogP contribution in [0.3, 0.4) is 0 Å². The van der Waals surface area contributed by atoms with E-state index in [4.69, 9.17) is 4.74 Å². The van der Waals surface area contributed by atoms with Crippen molar-refractivity contribution in [2.24, 2.45) is 0 Å². The molecule has 2 N–H and O–H groups in total. The molecule has 0 radical (unpaired) electrons. The number of piperazine rings is 1. The number of ether oxygens (including phenoxy) is 1. The van der Waals surface area contributed by atoms with Gasteiger partial charge in [-0.3, -0.25) is 4.79 Å². The van der Waals surface area contributed by atoms with Crippen LogP contribution in [-0.4, -0.2) is 38.7 Å². The molecule has 0 bridgehead atoms. The van der Waals surface area contributed by atoms with Crippen LogP contribution in [0.5, 0.6) is 5.75 Å². The second-order valence-electron chi connectivity index (χ2n) is 6.74. The van der Waals surface area contributed by atoms with Crippen LogP contribution in [0.2, 0.25) is 0 Å². The number of benzene rings is 2. The summed E-state index contributed by atoms with van der Waals surface area (Å²) in [5.41, 5.74) is 4.79. The standard InChI is InChI=1S/C20H22BrN3O2.ClH/c1-13-10-15(2-3-17(13)21)20(25)23-16-11-14-4-9-26-19(14)18(12-16)24-7-5-22-6-8-24;/h2-3,10-12,22H,4-9H2,1H3,(H,23,25);1H. The van der Waals surface area contributed by atoms with Crippen molar-refractivity contribution in [2.45, 2.75) is 13.3 Å². The Hall–Kier alpha value is -1.76. The van der Waals surface area contributed by atoms with Gasteiger partial charge in [-0.15, -0.1) is 12.4 Å². The molecule has 0 unspecified atom stereocenters. The lowest BCUT2D eigenvalue weighted by molar-refractivity contribution is 0.102. The molecule has 2 aromatic carbocycles. The molecule has 2 heterocycles. The molecule has 2 aliphatic heterocycles. The number of rotatable bonds is 3. The highest BCUT2D eigenvalue weighted by Gasteiger charge is 2.23. The molecule has 27 heavy (non-hydrogen) atoms. The van der Waals surface area contributed by atoms with Crippen molar-refractivity contribution in [3.8, 4) is 5.75 Å². The molecular formula is C20H23BrClN3O2. The Balaban J connectivity index is 0.00000210. The molecule has 1 saturated heterocycles. The molecule has 5 nitrogen and oxygen atoms in total. The van der Waals surface area contributed by atoms with E-state index in [0.717, 1.165) is 59.8 Å². The van der Waals surface area contributed by atoms with Crippen LogP contribution in [0.15, 0.2) is 34.8 Å². The number of carbonyl (C=O) groups is 1. The molecule has 2 aliphatic rings. The predicted octanol–water partition coefficient (Wildman–Crippen LogP) is 3.78. The number of nitrogens with one attached hydrogen (secondary N) is 2. The van der Waals surface area contributed by atoms with E-state index in [9.17, 15) is 4.79 Å². The quantitative estimate of drug-likeness (QED) is 0.744. The maximum absolute atomic E-state index is 12.7. The third-order valence-corrected chi connectivity index (χ3v) is 5.79. The third-order valence-electron chi connectivity index (χ3n) is 4.90. The van der Waals surface area contributed by atoms with Gasteiger partial charge in [-0.1, -0.05) is 15.9 Å². The van der Waals surface area contributed by atoms with Gasteiger partial charge in [-0.25, -0.2) is 0 Å². The molecule has 1 amide bonds. The Morgan fingerprint density at radius 2 is 2.00 bits per heavy atom. The lowest BCUT2D eigenvalue weighted by atomic mass is 10.1. The maximum atomic E-state index is 12.7. The van der Waals surface area contributed by atoms with E-state index in [1.165, 1.54) is 5.56 Å². The van der Waals surface area contributed by atoms with Crippen LogP contribution < -0.4 is 20.3 Å². The lowest BCUT2D eigenvalue weighted by Gasteiger charge is -2.31. The minimum absolute atomic E-state index is 0. The average molecular weight is 453 g/mol. The highest BCUT2D eigenvalue weighted by molar-refractivity contribution is 9.10. The molecule has 0 spiro atoms. The van der Waals surface area contributed by atoms with Crippen LogP contribution in [0, 0.1) is 6.92 Å². The van der Waals surface area contributed by atoms with Crippen molar-refractivity contribution < 1.29 is 9.53 Å². The summed E-state index contributed by atoms with van der Waals surface area (Å²) in [6, 6.07) is 9.72. The van der Waals surface area contributed by atoms with Gasteiger partial charge < -0.3 is 20.3 Å². The summed E-state index contributed by atoms with van der Waals surface area (Å²) < 4.78 is 6.88. The van der Waals surface area contributed by atoms with Crippen LogP contribution in [-0.2, 0) is 6.42 Å². The summed E-state index contributed by atoms with van der Waals surface area (Å²) in [4.78, 5) is 15.0. The number of halogens is 2.